The Balaban J connectivity index is 1.65. The lowest BCUT2D eigenvalue weighted by atomic mass is 10.1. The highest BCUT2D eigenvalue weighted by molar-refractivity contribution is 5.86. The van der Waals surface area contributed by atoms with E-state index in [2.05, 4.69) is 59.7 Å². The van der Waals surface area contributed by atoms with Crippen LogP contribution in [0, 0.1) is 6.92 Å². The Morgan fingerprint density at radius 1 is 1.09 bits per heavy atom. The molecule has 0 spiro atoms. The summed E-state index contributed by atoms with van der Waals surface area (Å²) >= 11 is 0. The molecule has 0 radical (unpaired) electrons. The van der Waals surface area contributed by atoms with Crippen molar-refractivity contribution in [2.75, 3.05) is 39.8 Å². The van der Waals surface area contributed by atoms with Gasteiger partial charge in [-0.05, 0) is 51.4 Å². The molecule has 1 aliphatic heterocycles. The molecule has 1 fully saturated rings. The van der Waals surface area contributed by atoms with Crippen molar-refractivity contribution in [2.45, 2.75) is 33.2 Å². The highest BCUT2D eigenvalue weighted by Gasteiger charge is 2.14. The number of fused-ring (bicyclic) bond motifs is 1. The lowest BCUT2D eigenvalue weighted by Gasteiger charge is -2.32. The van der Waals surface area contributed by atoms with Gasteiger partial charge in [0.2, 0.25) is 0 Å². The molecule has 1 saturated heterocycles. The van der Waals surface area contributed by atoms with Gasteiger partial charge in [0.1, 0.15) is 0 Å². The first-order valence-corrected chi connectivity index (χ1v) is 8.67. The van der Waals surface area contributed by atoms with Crippen molar-refractivity contribution in [1.82, 2.24) is 14.4 Å². The molecular formula is C19H29N3. The summed E-state index contributed by atoms with van der Waals surface area (Å²) in [4.78, 5) is 5.04. The Kier molecular flexibility index (Phi) is 4.84. The van der Waals surface area contributed by atoms with Crippen LogP contribution < -0.4 is 0 Å². The van der Waals surface area contributed by atoms with Gasteiger partial charge in [-0.25, -0.2) is 0 Å². The number of nitrogens with zero attached hydrogens (tertiary/aromatic N) is 3. The summed E-state index contributed by atoms with van der Waals surface area (Å²) in [5.74, 6) is 0. The van der Waals surface area contributed by atoms with Gasteiger partial charge < -0.3 is 14.4 Å². The summed E-state index contributed by atoms with van der Waals surface area (Å²) in [5, 5.41) is 1.46. The second kappa shape index (κ2) is 6.84. The van der Waals surface area contributed by atoms with Gasteiger partial charge in [-0.15, -0.1) is 0 Å². The van der Waals surface area contributed by atoms with E-state index < -0.39 is 0 Å². The molecule has 0 saturated carbocycles. The summed E-state index contributed by atoms with van der Waals surface area (Å²) in [6.45, 7) is 11.6. The lowest BCUT2D eigenvalue weighted by Crippen LogP contribution is -2.44. The molecule has 1 aromatic carbocycles. The Labute approximate surface area is 134 Å². The van der Waals surface area contributed by atoms with Crippen LogP contribution in [0.5, 0.6) is 0 Å². The Morgan fingerprint density at radius 3 is 2.59 bits per heavy atom. The van der Waals surface area contributed by atoms with Crippen LogP contribution in [0.15, 0.2) is 24.4 Å². The van der Waals surface area contributed by atoms with E-state index in [0.29, 0.717) is 0 Å². The smallest absolute Gasteiger partial charge is 0.0512 e. The zero-order valence-corrected chi connectivity index (χ0v) is 14.3. The van der Waals surface area contributed by atoms with Crippen LogP contribution in [-0.4, -0.2) is 54.1 Å². The number of hydrogen-bond acceptors (Lipinski definition) is 2. The first-order valence-electron chi connectivity index (χ1n) is 8.67. The average Bonchev–Trinajstić information content (AvgIpc) is 2.89. The zero-order chi connectivity index (χ0) is 15.5. The fourth-order valence-corrected chi connectivity index (χ4v) is 3.63. The molecule has 0 amide bonds. The van der Waals surface area contributed by atoms with Crippen LogP contribution in [0.1, 0.15) is 24.5 Å². The molecule has 2 aromatic rings. The normalized spacial score (nSPS) is 17.4. The maximum atomic E-state index is 2.62. The second-order valence-corrected chi connectivity index (χ2v) is 6.66. The van der Waals surface area contributed by atoms with Gasteiger partial charge in [0.15, 0.2) is 0 Å². The molecule has 0 aliphatic carbocycles. The SMILES string of the molecule is CCn1cc(CCCN2CCN(C)CC2)c2cccc(C)c21. The van der Waals surface area contributed by atoms with E-state index in [1.807, 2.05) is 0 Å². The minimum atomic E-state index is 1.06. The molecule has 120 valence electrons. The van der Waals surface area contributed by atoms with E-state index in [-0.39, 0.29) is 0 Å². The molecule has 1 aliphatic rings. The Morgan fingerprint density at radius 2 is 1.86 bits per heavy atom. The highest BCUT2D eigenvalue weighted by Crippen LogP contribution is 2.25. The standard InChI is InChI=1S/C19H29N3/c1-4-22-15-17(18-9-5-7-16(2)19(18)22)8-6-10-21-13-11-20(3)12-14-21/h5,7,9,15H,4,6,8,10-14H2,1-3H3. The molecule has 0 unspecified atom stereocenters. The summed E-state index contributed by atoms with van der Waals surface area (Å²) in [7, 11) is 2.22. The number of aromatic nitrogens is 1. The van der Waals surface area contributed by atoms with Crippen molar-refractivity contribution in [3.8, 4) is 0 Å². The predicted molar refractivity (Wildman–Crippen MR) is 94.6 cm³/mol. The zero-order valence-electron chi connectivity index (χ0n) is 14.3. The molecule has 22 heavy (non-hydrogen) atoms. The molecule has 3 heteroatoms. The van der Waals surface area contributed by atoms with E-state index in [4.69, 9.17) is 0 Å². The van der Waals surface area contributed by atoms with Gasteiger partial charge in [-0.1, -0.05) is 18.2 Å². The Hall–Kier alpha value is -1.32. The highest BCUT2D eigenvalue weighted by atomic mass is 15.2. The summed E-state index contributed by atoms with van der Waals surface area (Å²) in [6.07, 6.45) is 4.83. The number of rotatable bonds is 5. The van der Waals surface area contributed by atoms with Crippen LogP contribution >= 0.6 is 0 Å². The minimum absolute atomic E-state index is 1.06. The van der Waals surface area contributed by atoms with Crippen LogP contribution in [0.2, 0.25) is 0 Å². The van der Waals surface area contributed by atoms with Crippen molar-refractivity contribution in [3.63, 3.8) is 0 Å². The molecule has 0 N–H and O–H groups in total. The fourth-order valence-electron chi connectivity index (χ4n) is 3.63. The maximum Gasteiger partial charge on any atom is 0.0512 e. The third-order valence-corrected chi connectivity index (χ3v) is 5.04. The number of aryl methyl sites for hydroxylation is 3. The van der Waals surface area contributed by atoms with Crippen molar-refractivity contribution in [1.29, 1.82) is 0 Å². The quantitative estimate of drug-likeness (QED) is 0.840. The van der Waals surface area contributed by atoms with Crippen molar-refractivity contribution in [3.05, 3.63) is 35.5 Å². The molecule has 0 atom stereocenters. The van der Waals surface area contributed by atoms with Gasteiger partial charge in [0.25, 0.3) is 0 Å². The molecule has 2 heterocycles. The first-order chi connectivity index (χ1) is 10.7. The van der Waals surface area contributed by atoms with Crippen LogP contribution in [-0.2, 0) is 13.0 Å². The molecule has 0 bridgehead atoms. The van der Waals surface area contributed by atoms with E-state index in [1.165, 1.54) is 67.6 Å². The second-order valence-electron chi connectivity index (χ2n) is 6.66. The van der Waals surface area contributed by atoms with Crippen LogP contribution in [0.25, 0.3) is 10.9 Å². The third-order valence-electron chi connectivity index (χ3n) is 5.04. The first kappa shape index (κ1) is 15.6. The minimum Gasteiger partial charge on any atom is -0.347 e. The van der Waals surface area contributed by atoms with Gasteiger partial charge in [0.05, 0.1) is 5.52 Å². The predicted octanol–water partition coefficient (Wildman–Crippen LogP) is 3.15. The lowest BCUT2D eigenvalue weighted by molar-refractivity contribution is 0.153. The fraction of sp³-hybridized carbons (Fsp3) is 0.579. The number of para-hydroxylation sites is 1. The van der Waals surface area contributed by atoms with E-state index in [1.54, 1.807) is 0 Å². The van der Waals surface area contributed by atoms with E-state index in [9.17, 15) is 0 Å². The average molecular weight is 299 g/mol. The number of benzene rings is 1. The molecular weight excluding hydrogens is 270 g/mol. The summed E-state index contributed by atoms with van der Waals surface area (Å²) < 4.78 is 2.41. The topological polar surface area (TPSA) is 11.4 Å². The van der Waals surface area contributed by atoms with E-state index in [0.717, 1.165) is 6.54 Å². The summed E-state index contributed by atoms with van der Waals surface area (Å²) in [6, 6.07) is 6.71. The molecule has 3 rings (SSSR count). The van der Waals surface area contributed by atoms with Crippen molar-refractivity contribution >= 4 is 10.9 Å². The molecule has 1 aromatic heterocycles. The van der Waals surface area contributed by atoms with Crippen molar-refractivity contribution in [2.24, 2.45) is 0 Å². The monoisotopic (exact) mass is 299 g/mol. The van der Waals surface area contributed by atoms with Gasteiger partial charge in [-0.3, -0.25) is 0 Å². The van der Waals surface area contributed by atoms with Crippen LogP contribution in [0.3, 0.4) is 0 Å². The maximum absolute atomic E-state index is 2.62. The van der Waals surface area contributed by atoms with Gasteiger partial charge in [0, 0.05) is 44.3 Å². The van der Waals surface area contributed by atoms with Gasteiger partial charge >= 0.3 is 0 Å². The molecule has 3 nitrogen and oxygen atoms in total. The summed E-state index contributed by atoms with van der Waals surface area (Å²) in [5.41, 5.74) is 4.35. The number of hydrogen-bond donors (Lipinski definition) is 0. The van der Waals surface area contributed by atoms with Crippen LogP contribution in [0.4, 0.5) is 0 Å². The number of piperazine rings is 1. The number of likely N-dealkylation sites (N-methyl/N-ethyl adjacent to an activating group) is 1. The largest absolute Gasteiger partial charge is 0.347 e. The van der Waals surface area contributed by atoms with E-state index >= 15 is 0 Å². The third kappa shape index (κ3) is 3.21. The van der Waals surface area contributed by atoms with Crippen molar-refractivity contribution < 1.29 is 0 Å². The van der Waals surface area contributed by atoms with Gasteiger partial charge in [-0.2, -0.15) is 0 Å². The Bertz CT molecular complexity index is 621.